The number of anilines is 1. The van der Waals surface area contributed by atoms with Gasteiger partial charge >= 0.3 is 0 Å². The Morgan fingerprint density at radius 2 is 2.07 bits per heavy atom. The lowest BCUT2D eigenvalue weighted by Gasteiger charge is -2.12. The number of nitrogens with zero attached hydrogens (tertiary/aromatic N) is 2. The predicted molar refractivity (Wildman–Crippen MR) is 104 cm³/mol. The van der Waals surface area contributed by atoms with E-state index in [0.29, 0.717) is 36.4 Å². The van der Waals surface area contributed by atoms with Crippen LogP contribution in [0.1, 0.15) is 35.8 Å². The predicted octanol–water partition coefficient (Wildman–Crippen LogP) is 2.16. The number of hydrogen-bond acceptors (Lipinski definition) is 6. The summed E-state index contributed by atoms with van der Waals surface area (Å²) in [6, 6.07) is 5.51. The highest BCUT2D eigenvalue weighted by Crippen LogP contribution is 2.33. The maximum Gasteiger partial charge on any atom is 0.231 e. The van der Waals surface area contributed by atoms with Crippen molar-refractivity contribution in [1.29, 1.82) is 0 Å². The number of aryl methyl sites for hydroxylation is 2. The number of carbonyl (C=O) groups excluding carboxylic acids is 1. The topological polar surface area (TPSA) is 99.5 Å². The first-order chi connectivity index (χ1) is 13.3. The molecule has 2 aliphatic rings. The third kappa shape index (κ3) is 3.71. The van der Waals surface area contributed by atoms with E-state index in [2.05, 4.69) is 10.4 Å². The minimum atomic E-state index is -3.00. The number of benzene rings is 1. The van der Waals surface area contributed by atoms with Gasteiger partial charge in [0.1, 0.15) is 0 Å². The Labute approximate surface area is 163 Å². The van der Waals surface area contributed by atoms with E-state index in [0.717, 1.165) is 17.0 Å². The summed E-state index contributed by atoms with van der Waals surface area (Å²) in [5, 5.41) is 7.41. The molecule has 8 nitrogen and oxygen atoms in total. The molecule has 0 radical (unpaired) electrons. The lowest BCUT2D eigenvalue weighted by Crippen LogP contribution is -2.15. The molecule has 1 aromatic carbocycles. The van der Waals surface area contributed by atoms with Crippen molar-refractivity contribution in [2.75, 3.05) is 23.6 Å². The number of ether oxygens (including phenoxy) is 2. The van der Waals surface area contributed by atoms with Crippen molar-refractivity contribution in [1.82, 2.24) is 9.78 Å². The Bertz CT molecular complexity index is 1030. The first-order valence-electron chi connectivity index (χ1n) is 9.27. The van der Waals surface area contributed by atoms with E-state index in [-0.39, 0.29) is 30.2 Å². The Morgan fingerprint density at radius 3 is 2.82 bits per heavy atom. The third-order valence-corrected chi connectivity index (χ3v) is 6.97. The molecule has 1 amide bonds. The molecule has 3 heterocycles. The van der Waals surface area contributed by atoms with Gasteiger partial charge in [0.25, 0.3) is 0 Å². The summed E-state index contributed by atoms with van der Waals surface area (Å²) in [5.41, 5.74) is 3.15. The van der Waals surface area contributed by atoms with Crippen molar-refractivity contribution < 1.29 is 22.7 Å². The van der Waals surface area contributed by atoms with Gasteiger partial charge in [-0.2, -0.15) is 5.10 Å². The van der Waals surface area contributed by atoms with E-state index in [9.17, 15) is 13.2 Å². The molecule has 9 heteroatoms. The molecular weight excluding hydrogens is 382 g/mol. The second-order valence-corrected chi connectivity index (χ2v) is 9.51. The van der Waals surface area contributed by atoms with Crippen LogP contribution < -0.4 is 14.8 Å². The number of hydrogen-bond donors (Lipinski definition) is 1. The van der Waals surface area contributed by atoms with Gasteiger partial charge in [0.05, 0.1) is 34.6 Å². The Morgan fingerprint density at radius 1 is 1.29 bits per heavy atom. The van der Waals surface area contributed by atoms with Crippen LogP contribution in [0.5, 0.6) is 11.5 Å². The molecule has 0 bridgehead atoms. The van der Waals surface area contributed by atoms with Gasteiger partial charge in [-0.25, -0.2) is 8.42 Å². The van der Waals surface area contributed by atoms with Gasteiger partial charge in [0, 0.05) is 6.42 Å². The Hall–Kier alpha value is -2.55. The molecule has 1 unspecified atom stereocenters. The number of rotatable bonds is 5. The third-order valence-electron chi connectivity index (χ3n) is 5.22. The highest BCUT2D eigenvalue weighted by atomic mass is 32.2. The van der Waals surface area contributed by atoms with Crippen LogP contribution >= 0.6 is 0 Å². The Kier molecular flexibility index (Phi) is 4.78. The van der Waals surface area contributed by atoms with Crippen molar-refractivity contribution in [2.24, 2.45) is 0 Å². The van der Waals surface area contributed by atoms with E-state index < -0.39 is 9.84 Å². The van der Waals surface area contributed by atoms with E-state index in [1.165, 1.54) is 0 Å². The SMILES string of the molecule is Cc1nn(C2CCS(=O)(=O)C2)c(C)c1NC(=O)CCc1ccc2c(c1)OCO2. The van der Waals surface area contributed by atoms with E-state index in [4.69, 9.17) is 9.47 Å². The molecule has 1 fully saturated rings. The van der Waals surface area contributed by atoms with Gasteiger partial charge < -0.3 is 14.8 Å². The quantitative estimate of drug-likeness (QED) is 0.818. The zero-order chi connectivity index (χ0) is 19.9. The highest BCUT2D eigenvalue weighted by molar-refractivity contribution is 7.91. The fraction of sp³-hybridized carbons (Fsp3) is 0.474. The number of carbonyl (C=O) groups is 1. The molecule has 1 atom stereocenters. The van der Waals surface area contributed by atoms with Gasteiger partial charge in [-0.05, 0) is 44.4 Å². The van der Waals surface area contributed by atoms with Crippen molar-refractivity contribution >= 4 is 21.4 Å². The van der Waals surface area contributed by atoms with Crippen molar-refractivity contribution in [2.45, 2.75) is 39.2 Å². The first-order valence-corrected chi connectivity index (χ1v) is 11.1. The summed E-state index contributed by atoms with van der Waals surface area (Å²) in [5.74, 6) is 1.61. The smallest absolute Gasteiger partial charge is 0.231 e. The van der Waals surface area contributed by atoms with Gasteiger partial charge in [0.2, 0.25) is 12.7 Å². The summed E-state index contributed by atoms with van der Waals surface area (Å²) in [6.07, 6.45) is 1.46. The highest BCUT2D eigenvalue weighted by Gasteiger charge is 2.31. The second-order valence-electron chi connectivity index (χ2n) is 7.28. The monoisotopic (exact) mass is 405 g/mol. The maximum absolute atomic E-state index is 12.5. The Balaban J connectivity index is 1.40. The van der Waals surface area contributed by atoms with Gasteiger partial charge in [-0.3, -0.25) is 9.48 Å². The fourth-order valence-electron chi connectivity index (χ4n) is 3.72. The minimum absolute atomic E-state index is 0.104. The van der Waals surface area contributed by atoms with Gasteiger partial charge in [0.15, 0.2) is 21.3 Å². The molecule has 2 aromatic rings. The molecule has 2 aliphatic heterocycles. The molecule has 1 aromatic heterocycles. The van der Waals surface area contributed by atoms with E-state index in [1.54, 1.807) is 4.68 Å². The largest absolute Gasteiger partial charge is 0.454 e. The summed E-state index contributed by atoms with van der Waals surface area (Å²) in [7, 11) is -3.00. The standard InChI is InChI=1S/C19H23N3O5S/c1-12-19(13(2)22(21-12)15-7-8-28(24,25)10-15)20-18(23)6-4-14-3-5-16-17(9-14)27-11-26-16/h3,5,9,15H,4,6-8,10-11H2,1-2H3,(H,20,23). The van der Waals surface area contributed by atoms with Crippen LogP contribution in [0.25, 0.3) is 0 Å². The van der Waals surface area contributed by atoms with Crippen LogP contribution in [0.2, 0.25) is 0 Å². The van der Waals surface area contributed by atoms with Gasteiger partial charge in [-0.1, -0.05) is 6.07 Å². The summed E-state index contributed by atoms with van der Waals surface area (Å²) >= 11 is 0. The first kappa shape index (κ1) is 18.8. The number of amides is 1. The van der Waals surface area contributed by atoms with Crippen LogP contribution in [0.3, 0.4) is 0 Å². The molecule has 0 saturated carbocycles. The van der Waals surface area contributed by atoms with Crippen molar-refractivity contribution in [3.63, 3.8) is 0 Å². The maximum atomic E-state index is 12.5. The molecule has 4 rings (SSSR count). The van der Waals surface area contributed by atoms with Crippen LogP contribution in [-0.2, 0) is 21.1 Å². The zero-order valence-corrected chi connectivity index (χ0v) is 16.7. The van der Waals surface area contributed by atoms with Crippen LogP contribution in [0.15, 0.2) is 18.2 Å². The summed E-state index contributed by atoms with van der Waals surface area (Å²) in [4.78, 5) is 12.5. The normalized spacial score (nSPS) is 19.7. The summed E-state index contributed by atoms with van der Waals surface area (Å²) < 4.78 is 35.9. The molecule has 0 aliphatic carbocycles. The van der Waals surface area contributed by atoms with Crippen LogP contribution in [0.4, 0.5) is 5.69 Å². The average molecular weight is 405 g/mol. The second kappa shape index (κ2) is 7.12. The molecule has 1 saturated heterocycles. The molecular formula is C19H23N3O5S. The fourth-order valence-corrected chi connectivity index (χ4v) is 5.42. The lowest BCUT2D eigenvalue weighted by molar-refractivity contribution is -0.116. The number of aromatic nitrogens is 2. The number of sulfone groups is 1. The zero-order valence-electron chi connectivity index (χ0n) is 15.9. The lowest BCUT2D eigenvalue weighted by atomic mass is 10.1. The van der Waals surface area contributed by atoms with Crippen LogP contribution in [-0.4, -0.2) is 42.4 Å². The van der Waals surface area contributed by atoms with E-state index >= 15 is 0 Å². The van der Waals surface area contributed by atoms with Crippen molar-refractivity contribution in [3.05, 3.63) is 35.2 Å². The van der Waals surface area contributed by atoms with Crippen molar-refractivity contribution in [3.8, 4) is 11.5 Å². The molecule has 28 heavy (non-hydrogen) atoms. The summed E-state index contributed by atoms with van der Waals surface area (Å²) in [6.45, 7) is 3.91. The molecule has 0 spiro atoms. The molecule has 150 valence electrons. The van der Waals surface area contributed by atoms with Gasteiger partial charge in [-0.15, -0.1) is 0 Å². The number of fused-ring (bicyclic) bond motifs is 1. The van der Waals surface area contributed by atoms with E-state index in [1.807, 2.05) is 32.0 Å². The average Bonchev–Trinajstić information content (AvgIpc) is 3.33. The van der Waals surface area contributed by atoms with Crippen LogP contribution in [0, 0.1) is 13.8 Å². The molecule has 1 N–H and O–H groups in total. The number of nitrogens with one attached hydrogen (secondary N) is 1. The minimum Gasteiger partial charge on any atom is -0.454 e.